The Morgan fingerprint density at radius 1 is 0.893 bits per heavy atom. The van der Waals surface area contributed by atoms with Crippen LogP contribution in [0.2, 0.25) is 0 Å². The van der Waals surface area contributed by atoms with Crippen LogP contribution in [0.4, 0.5) is 24.5 Å². The number of nitrogens with one attached hydrogen (secondary N) is 2. The van der Waals surface area contributed by atoms with E-state index < -0.39 is 23.1 Å². The van der Waals surface area contributed by atoms with Gasteiger partial charge in [-0.05, 0) is 23.8 Å². The molecule has 0 saturated heterocycles. The van der Waals surface area contributed by atoms with Gasteiger partial charge in [-0.3, -0.25) is 0 Å². The molecular formula is C21H14F3N3O. The number of nitriles is 1. The van der Waals surface area contributed by atoms with Gasteiger partial charge in [0, 0.05) is 24.1 Å². The van der Waals surface area contributed by atoms with Crippen LogP contribution in [0.1, 0.15) is 16.7 Å². The molecule has 4 nitrogen and oxygen atoms in total. The Kier molecular flexibility index (Phi) is 4.12. The fourth-order valence-corrected chi connectivity index (χ4v) is 3.44. The van der Waals surface area contributed by atoms with Gasteiger partial charge in [-0.2, -0.15) is 5.26 Å². The number of phenolic OH excluding ortho intramolecular Hbond substituents is 1. The van der Waals surface area contributed by atoms with Crippen molar-refractivity contribution in [3.8, 4) is 11.8 Å². The molecule has 7 heteroatoms. The molecule has 28 heavy (non-hydrogen) atoms. The van der Waals surface area contributed by atoms with Crippen molar-refractivity contribution in [1.82, 2.24) is 0 Å². The van der Waals surface area contributed by atoms with Crippen LogP contribution in [0.5, 0.6) is 5.75 Å². The van der Waals surface area contributed by atoms with E-state index in [1.54, 1.807) is 18.2 Å². The first-order chi connectivity index (χ1) is 13.4. The number of hydrogen-bond donors (Lipinski definition) is 3. The summed E-state index contributed by atoms with van der Waals surface area (Å²) in [6, 6.07) is 14.4. The smallest absolute Gasteiger partial charge is 0.161 e. The van der Waals surface area contributed by atoms with Crippen LogP contribution in [0.3, 0.4) is 0 Å². The summed E-state index contributed by atoms with van der Waals surface area (Å²) in [6.45, 7) is 0. The summed E-state index contributed by atoms with van der Waals surface area (Å²) in [5.41, 5.74) is 0.153. The molecule has 0 amide bonds. The van der Waals surface area contributed by atoms with Gasteiger partial charge < -0.3 is 15.7 Å². The summed E-state index contributed by atoms with van der Waals surface area (Å²) in [7, 11) is 0. The van der Waals surface area contributed by atoms with E-state index in [4.69, 9.17) is 5.26 Å². The van der Waals surface area contributed by atoms with Crippen LogP contribution in [0, 0.1) is 28.8 Å². The van der Waals surface area contributed by atoms with Gasteiger partial charge in [0.15, 0.2) is 11.6 Å². The van der Waals surface area contributed by atoms with E-state index in [2.05, 4.69) is 10.6 Å². The lowest BCUT2D eigenvalue weighted by molar-refractivity contribution is 0.443. The molecule has 1 aliphatic heterocycles. The molecule has 3 aromatic rings. The predicted octanol–water partition coefficient (Wildman–Crippen LogP) is 4.61. The molecule has 0 fully saturated rings. The van der Waals surface area contributed by atoms with Gasteiger partial charge in [-0.15, -0.1) is 0 Å². The number of hydrogen-bond acceptors (Lipinski definition) is 4. The zero-order valence-corrected chi connectivity index (χ0v) is 14.4. The summed E-state index contributed by atoms with van der Waals surface area (Å²) >= 11 is 0. The lowest BCUT2D eigenvalue weighted by Crippen LogP contribution is -2.41. The third kappa shape index (κ3) is 2.89. The summed E-state index contributed by atoms with van der Waals surface area (Å²) in [5.74, 6) is -2.70. The molecule has 140 valence electrons. The number of anilines is 2. The highest BCUT2D eigenvalue weighted by molar-refractivity contribution is 5.78. The number of para-hydroxylation sites is 1. The highest BCUT2D eigenvalue weighted by Crippen LogP contribution is 2.44. The van der Waals surface area contributed by atoms with E-state index in [0.29, 0.717) is 5.56 Å². The largest absolute Gasteiger partial charge is 0.508 e. The van der Waals surface area contributed by atoms with E-state index in [9.17, 15) is 18.3 Å². The Labute approximate surface area is 158 Å². The van der Waals surface area contributed by atoms with Crippen LogP contribution < -0.4 is 10.6 Å². The molecule has 0 aliphatic carbocycles. The Balaban J connectivity index is 1.83. The standard InChI is InChI=1S/C21H14F3N3O/c22-15-7-12(11-25)5-6-13(15)10-21(14-3-1-2-4-20(14)28)26-18-8-16(23)17(24)9-19(18)27-21/h1-9,26-28H,10H2. The predicted molar refractivity (Wildman–Crippen MR) is 98.2 cm³/mol. The van der Waals surface area contributed by atoms with Crippen molar-refractivity contribution in [2.75, 3.05) is 10.6 Å². The SMILES string of the molecule is N#Cc1ccc(CC2(c3ccccc3O)Nc3cc(F)c(F)cc3N2)c(F)c1. The third-order valence-electron chi connectivity index (χ3n) is 4.76. The van der Waals surface area contributed by atoms with Crippen LogP contribution >= 0.6 is 0 Å². The summed E-state index contributed by atoms with van der Waals surface area (Å²) in [4.78, 5) is 0. The van der Waals surface area contributed by atoms with Crippen LogP contribution in [0.15, 0.2) is 54.6 Å². The van der Waals surface area contributed by atoms with Crippen molar-refractivity contribution in [3.05, 3.63) is 88.7 Å². The summed E-state index contributed by atoms with van der Waals surface area (Å²) < 4.78 is 41.9. The summed E-state index contributed by atoms with van der Waals surface area (Å²) in [6.07, 6.45) is 0.0000331. The fraction of sp³-hybridized carbons (Fsp3) is 0.0952. The second kappa shape index (κ2) is 6.50. The minimum Gasteiger partial charge on any atom is -0.508 e. The van der Waals surface area contributed by atoms with Crippen molar-refractivity contribution < 1.29 is 18.3 Å². The highest BCUT2D eigenvalue weighted by Gasteiger charge is 2.41. The molecule has 0 saturated carbocycles. The van der Waals surface area contributed by atoms with Crippen LogP contribution in [0.25, 0.3) is 0 Å². The summed E-state index contributed by atoms with van der Waals surface area (Å²) in [5, 5.41) is 25.5. The Hall–Kier alpha value is -3.66. The Bertz CT molecular complexity index is 1090. The molecule has 0 unspecified atom stereocenters. The average Bonchev–Trinajstić information content (AvgIpc) is 3.02. The molecule has 0 radical (unpaired) electrons. The number of fused-ring (bicyclic) bond motifs is 1. The minimum absolute atomic E-state index is 0.0000331. The molecule has 1 aliphatic rings. The van der Waals surface area contributed by atoms with E-state index in [1.165, 1.54) is 18.2 Å². The molecule has 0 bridgehead atoms. The quantitative estimate of drug-likeness (QED) is 0.620. The Morgan fingerprint density at radius 2 is 1.54 bits per heavy atom. The lowest BCUT2D eigenvalue weighted by Gasteiger charge is -2.32. The lowest BCUT2D eigenvalue weighted by atomic mass is 9.91. The second-order valence-electron chi connectivity index (χ2n) is 6.58. The second-order valence-corrected chi connectivity index (χ2v) is 6.58. The highest BCUT2D eigenvalue weighted by atomic mass is 19.2. The molecule has 0 atom stereocenters. The average molecular weight is 381 g/mol. The van der Waals surface area contributed by atoms with Gasteiger partial charge in [0.05, 0.1) is 23.0 Å². The maximum Gasteiger partial charge on any atom is 0.161 e. The fourth-order valence-electron chi connectivity index (χ4n) is 3.44. The number of benzene rings is 3. The Morgan fingerprint density at radius 3 is 2.11 bits per heavy atom. The van der Waals surface area contributed by atoms with Crippen molar-refractivity contribution in [3.63, 3.8) is 0 Å². The number of nitrogens with zero attached hydrogens (tertiary/aromatic N) is 1. The first kappa shape index (κ1) is 17.7. The van der Waals surface area contributed by atoms with Crippen LogP contribution in [-0.4, -0.2) is 5.11 Å². The molecule has 0 aromatic heterocycles. The zero-order chi connectivity index (χ0) is 19.9. The molecule has 3 aromatic carbocycles. The number of halogens is 3. The normalized spacial score (nSPS) is 13.9. The van der Waals surface area contributed by atoms with Crippen molar-refractivity contribution in [1.29, 1.82) is 5.26 Å². The van der Waals surface area contributed by atoms with Crippen molar-refractivity contribution >= 4 is 11.4 Å². The van der Waals surface area contributed by atoms with Gasteiger partial charge in [0.25, 0.3) is 0 Å². The number of phenols is 1. The van der Waals surface area contributed by atoms with Gasteiger partial charge in [-0.1, -0.05) is 24.3 Å². The third-order valence-corrected chi connectivity index (χ3v) is 4.76. The first-order valence-corrected chi connectivity index (χ1v) is 8.44. The van der Waals surface area contributed by atoms with Gasteiger partial charge in [0.2, 0.25) is 0 Å². The van der Waals surface area contributed by atoms with Crippen molar-refractivity contribution in [2.45, 2.75) is 12.1 Å². The van der Waals surface area contributed by atoms with E-state index in [-0.39, 0.29) is 34.7 Å². The molecular weight excluding hydrogens is 367 g/mol. The van der Waals surface area contributed by atoms with E-state index >= 15 is 0 Å². The maximum absolute atomic E-state index is 14.5. The maximum atomic E-state index is 14.5. The molecule has 1 heterocycles. The minimum atomic E-state index is -1.25. The number of aromatic hydroxyl groups is 1. The first-order valence-electron chi connectivity index (χ1n) is 8.44. The zero-order valence-electron chi connectivity index (χ0n) is 14.4. The molecule has 4 rings (SSSR count). The van der Waals surface area contributed by atoms with Gasteiger partial charge >= 0.3 is 0 Å². The van der Waals surface area contributed by atoms with Crippen LogP contribution in [-0.2, 0) is 12.1 Å². The van der Waals surface area contributed by atoms with Crippen molar-refractivity contribution in [2.24, 2.45) is 0 Å². The van der Waals surface area contributed by atoms with E-state index in [1.807, 2.05) is 6.07 Å². The van der Waals surface area contributed by atoms with Gasteiger partial charge in [-0.25, -0.2) is 13.2 Å². The van der Waals surface area contributed by atoms with E-state index in [0.717, 1.165) is 18.2 Å². The monoisotopic (exact) mass is 381 g/mol. The topological polar surface area (TPSA) is 68.1 Å². The molecule has 3 N–H and O–H groups in total. The molecule has 0 spiro atoms. The number of rotatable bonds is 3. The van der Waals surface area contributed by atoms with Gasteiger partial charge in [0.1, 0.15) is 17.2 Å².